The van der Waals surface area contributed by atoms with Crippen LogP contribution in [0.2, 0.25) is 0 Å². The number of carbonyl (C=O) groups is 1. The van der Waals surface area contributed by atoms with Gasteiger partial charge in [-0.1, -0.05) is 30.3 Å². The van der Waals surface area contributed by atoms with Crippen molar-refractivity contribution in [2.24, 2.45) is 0 Å². The monoisotopic (exact) mass is 358 g/mol. The van der Waals surface area contributed by atoms with Crippen LogP contribution in [0.1, 0.15) is 12.0 Å². The minimum absolute atomic E-state index is 0.232. The first kappa shape index (κ1) is 18.2. The van der Waals surface area contributed by atoms with Crippen LogP contribution >= 0.6 is 0 Å². The second kappa shape index (κ2) is 9.20. The molecule has 1 heterocycles. The summed E-state index contributed by atoms with van der Waals surface area (Å²) in [6.07, 6.45) is 0.609. The maximum atomic E-state index is 12.8. The summed E-state index contributed by atoms with van der Waals surface area (Å²) in [5.74, 6) is 0.367. The molecule has 138 valence electrons. The van der Waals surface area contributed by atoms with Gasteiger partial charge in [0.1, 0.15) is 24.8 Å². The molecule has 0 saturated carbocycles. The van der Waals surface area contributed by atoms with Crippen LogP contribution in [0.4, 0.5) is 9.18 Å². The Morgan fingerprint density at radius 1 is 1.15 bits per heavy atom. The van der Waals surface area contributed by atoms with Crippen molar-refractivity contribution < 1.29 is 18.7 Å². The average molecular weight is 358 g/mol. The van der Waals surface area contributed by atoms with Gasteiger partial charge in [0.15, 0.2) is 0 Å². The third-order valence-electron chi connectivity index (χ3n) is 4.27. The summed E-state index contributed by atoms with van der Waals surface area (Å²) in [5, 5.41) is 3.37. The van der Waals surface area contributed by atoms with Crippen molar-refractivity contribution in [1.29, 1.82) is 0 Å². The van der Waals surface area contributed by atoms with Gasteiger partial charge in [-0.05, 0) is 36.2 Å². The van der Waals surface area contributed by atoms with Gasteiger partial charge >= 0.3 is 6.09 Å². The van der Waals surface area contributed by atoms with Crippen molar-refractivity contribution in [3.63, 3.8) is 0 Å². The van der Waals surface area contributed by atoms with Gasteiger partial charge in [-0.3, -0.25) is 0 Å². The molecule has 1 unspecified atom stereocenters. The molecule has 0 aliphatic carbocycles. The molecule has 2 aromatic carbocycles. The topological polar surface area (TPSA) is 50.8 Å². The molecule has 5 nitrogen and oxygen atoms in total. The molecule has 26 heavy (non-hydrogen) atoms. The van der Waals surface area contributed by atoms with Gasteiger partial charge in [-0.15, -0.1) is 0 Å². The number of hydrogen-bond donors (Lipinski definition) is 1. The lowest BCUT2D eigenvalue weighted by atomic mass is 10.2. The molecule has 0 spiro atoms. The molecule has 1 atom stereocenters. The maximum Gasteiger partial charge on any atom is 0.410 e. The Kier molecular flexibility index (Phi) is 6.44. The van der Waals surface area contributed by atoms with E-state index in [9.17, 15) is 9.18 Å². The van der Waals surface area contributed by atoms with Crippen LogP contribution in [-0.4, -0.2) is 43.3 Å². The first-order valence-electron chi connectivity index (χ1n) is 8.78. The number of nitrogens with one attached hydrogen (secondary N) is 1. The third kappa shape index (κ3) is 5.46. The van der Waals surface area contributed by atoms with Gasteiger partial charge in [-0.2, -0.15) is 0 Å². The van der Waals surface area contributed by atoms with E-state index < -0.39 is 0 Å². The molecule has 2 aromatic rings. The quantitative estimate of drug-likeness (QED) is 0.772. The van der Waals surface area contributed by atoms with Crippen molar-refractivity contribution in [1.82, 2.24) is 10.2 Å². The highest BCUT2D eigenvalue weighted by atomic mass is 19.1. The Morgan fingerprint density at radius 3 is 2.69 bits per heavy atom. The lowest BCUT2D eigenvalue weighted by molar-refractivity contribution is 0.103. The minimum Gasteiger partial charge on any atom is -0.492 e. The summed E-state index contributed by atoms with van der Waals surface area (Å²) < 4.78 is 23.7. The van der Waals surface area contributed by atoms with Crippen molar-refractivity contribution >= 4 is 6.09 Å². The Bertz CT molecular complexity index is 694. The third-order valence-corrected chi connectivity index (χ3v) is 4.27. The molecule has 0 radical (unpaired) electrons. The van der Waals surface area contributed by atoms with E-state index in [-0.39, 0.29) is 18.0 Å². The standard InChI is InChI=1S/C20H23FN2O3/c21-17-6-8-19(9-7-17)25-13-11-22-18-10-12-23(14-18)20(24)26-15-16-4-2-1-3-5-16/h1-9,18,22H,10-15H2. The van der Waals surface area contributed by atoms with E-state index in [1.807, 2.05) is 30.3 Å². The smallest absolute Gasteiger partial charge is 0.410 e. The Morgan fingerprint density at radius 2 is 1.92 bits per heavy atom. The number of benzene rings is 2. The number of halogens is 1. The molecular weight excluding hydrogens is 335 g/mol. The van der Waals surface area contributed by atoms with E-state index in [4.69, 9.17) is 9.47 Å². The van der Waals surface area contributed by atoms with Crippen LogP contribution in [0.25, 0.3) is 0 Å². The first-order valence-corrected chi connectivity index (χ1v) is 8.78. The van der Waals surface area contributed by atoms with Gasteiger partial charge in [0.05, 0.1) is 0 Å². The van der Waals surface area contributed by atoms with Gasteiger partial charge in [0, 0.05) is 25.7 Å². The van der Waals surface area contributed by atoms with Crippen LogP contribution in [0.5, 0.6) is 5.75 Å². The average Bonchev–Trinajstić information content (AvgIpc) is 3.15. The predicted molar refractivity (Wildman–Crippen MR) is 96.5 cm³/mol. The van der Waals surface area contributed by atoms with Crippen LogP contribution < -0.4 is 10.1 Å². The normalized spacial score (nSPS) is 16.5. The molecule has 1 fully saturated rings. The summed E-state index contributed by atoms with van der Waals surface area (Å²) in [7, 11) is 0. The highest BCUT2D eigenvalue weighted by Gasteiger charge is 2.26. The summed E-state index contributed by atoms with van der Waals surface area (Å²) in [5.41, 5.74) is 0.979. The first-order chi connectivity index (χ1) is 12.7. The fourth-order valence-corrected chi connectivity index (χ4v) is 2.87. The predicted octanol–water partition coefficient (Wildman–Crippen LogP) is 3.21. The molecule has 1 amide bonds. The van der Waals surface area contributed by atoms with Crippen LogP contribution in [0, 0.1) is 5.82 Å². The lowest BCUT2D eigenvalue weighted by Crippen LogP contribution is -2.37. The number of carbonyl (C=O) groups excluding carboxylic acids is 1. The number of rotatable bonds is 7. The maximum absolute atomic E-state index is 12.8. The zero-order valence-corrected chi connectivity index (χ0v) is 14.6. The van der Waals surface area contributed by atoms with E-state index in [0.29, 0.717) is 38.6 Å². The molecule has 3 rings (SSSR count). The molecular formula is C20H23FN2O3. The Labute approximate surface area is 152 Å². The molecule has 1 saturated heterocycles. The largest absolute Gasteiger partial charge is 0.492 e. The summed E-state index contributed by atoms with van der Waals surface area (Å²) in [6, 6.07) is 15.8. The SMILES string of the molecule is O=C(OCc1ccccc1)N1CCC(NCCOc2ccc(F)cc2)C1. The second-order valence-electron chi connectivity index (χ2n) is 6.23. The van der Waals surface area contributed by atoms with Gasteiger partial charge in [-0.25, -0.2) is 9.18 Å². The van der Waals surface area contributed by atoms with Crippen LogP contribution in [0.15, 0.2) is 54.6 Å². The lowest BCUT2D eigenvalue weighted by Gasteiger charge is -2.17. The van der Waals surface area contributed by atoms with Gasteiger partial charge < -0.3 is 19.7 Å². The van der Waals surface area contributed by atoms with E-state index >= 15 is 0 Å². The molecule has 0 aromatic heterocycles. The number of ether oxygens (including phenoxy) is 2. The molecule has 1 N–H and O–H groups in total. The number of hydrogen-bond acceptors (Lipinski definition) is 4. The summed E-state index contributed by atoms with van der Waals surface area (Å²) >= 11 is 0. The van der Waals surface area contributed by atoms with Crippen LogP contribution in [0.3, 0.4) is 0 Å². The van der Waals surface area contributed by atoms with Gasteiger partial charge in [0.2, 0.25) is 0 Å². The molecule has 0 bridgehead atoms. The fourth-order valence-electron chi connectivity index (χ4n) is 2.87. The Balaban J connectivity index is 1.32. The molecule has 1 aliphatic rings. The van der Waals surface area contributed by atoms with Gasteiger partial charge in [0.25, 0.3) is 0 Å². The fraction of sp³-hybridized carbons (Fsp3) is 0.350. The Hall–Kier alpha value is -2.60. The van der Waals surface area contributed by atoms with E-state index in [0.717, 1.165) is 12.0 Å². The summed E-state index contributed by atoms with van der Waals surface area (Å²) in [6.45, 7) is 2.75. The van der Waals surface area contributed by atoms with E-state index in [1.165, 1.54) is 12.1 Å². The minimum atomic E-state index is -0.277. The van der Waals surface area contributed by atoms with Crippen molar-refractivity contribution in [2.75, 3.05) is 26.2 Å². The summed E-state index contributed by atoms with van der Waals surface area (Å²) in [4.78, 5) is 13.9. The van der Waals surface area contributed by atoms with Crippen molar-refractivity contribution in [3.8, 4) is 5.75 Å². The van der Waals surface area contributed by atoms with E-state index in [2.05, 4.69) is 5.32 Å². The number of likely N-dealkylation sites (tertiary alicyclic amines) is 1. The second-order valence-corrected chi connectivity index (χ2v) is 6.23. The number of nitrogens with zero attached hydrogens (tertiary/aromatic N) is 1. The van der Waals surface area contributed by atoms with Crippen molar-refractivity contribution in [2.45, 2.75) is 19.1 Å². The number of amides is 1. The zero-order chi connectivity index (χ0) is 18.2. The van der Waals surface area contributed by atoms with E-state index in [1.54, 1.807) is 17.0 Å². The van der Waals surface area contributed by atoms with Crippen LogP contribution in [-0.2, 0) is 11.3 Å². The molecule has 1 aliphatic heterocycles. The highest BCUT2D eigenvalue weighted by molar-refractivity contribution is 5.68. The highest BCUT2D eigenvalue weighted by Crippen LogP contribution is 2.13. The molecule has 6 heteroatoms. The zero-order valence-electron chi connectivity index (χ0n) is 14.6. The van der Waals surface area contributed by atoms with Crippen molar-refractivity contribution in [3.05, 3.63) is 66.0 Å².